The second-order valence-electron chi connectivity index (χ2n) is 3.42. The zero-order valence-electron chi connectivity index (χ0n) is 9.47. The Labute approximate surface area is 105 Å². The first kappa shape index (κ1) is 13.8. The van der Waals surface area contributed by atoms with Crippen molar-refractivity contribution in [3.63, 3.8) is 0 Å². The van der Waals surface area contributed by atoms with Crippen LogP contribution in [-0.2, 0) is 14.8 Å². The topological polar surface area (TPSA) is 66.5 Å². The summed E-state index contributed by atoms with van der Waals surface area (Å²) >= 11 is 5.79. The number of sulfonamides is 1. The highest BCUT2D eigenvalue weighted by atomic mass is 35.5. The smallest absolute Gasteiger partial charge is 0.240 e. The maximum absolute atomic E-state index is 11.6. The maximum atomic E-state index is 11.6. The van der Waals surface area contributed by atoms with Crippen molar-refractivity contribution in [2.75, 3.05) is 24.2 Å². The van der Waals surface area contributed by atoms with Gasteiger partial charge in [-0.1, -0.05) is 17.7 Å². The SMILES string of the molecule is CNC(=O)CN(c1cccc(Cl)c1)S(C)(=O)=O. The molecule has 1 N–H and O–H groups in total. The van der Waals surface area contributed by atoms with E-state index in [1.165, 1.54) is 13.1 Å². The molecule has 0 saturated carbocycles. The standard InChI is InChI=1S/C10H13ClN2O3S/c1-12-10(14)7-13(17(2,15)16)9-5-3-4-8(11)6-9/h3-6H,7H2,1-2H3,(H,12,14). The van der Waals surface area contributed by atoms with Crippen LogP contribution in [0, 0.1) is 0 Å². The van der Waals surface area contributed by atoms with E-state index in [9.17, 15) is 13.2 Å². The van der Waals surface area contributed by atoms with Gasteiger partial charge in [0, 0.05) is 12.1 Å². The molecular weight excluding hydrogens is 264 g/mol. The van der Waals surface area contributed by atoms with Gasteiger partial charge in [0.05, 0.1) is 11.9 Å². The second-order valence-corrected chi connectivity index (χ2v) is 5.77. The van der Waals surface area contributed by atoms with Crippen molar-refractivity contribution in [3.8, 4) is 0 Å². The average molecular weight is 277 g/mol. The van der Waals surface area contributed by atoms with Gasteiger partial charge in [-0.05, 0) is 18.2 Å². The summed E-state index contributed by atoms with van der Waals surface area (Å²) in [7, 11) is -2.08. The minimum Gasteiger partial charge on any atom is -0.358 e. The van der Waals surface area contributed by atoms with Gasteiger partial charge in [-0.15, -0.1) is 0 Å². The Hall–Kier alpha value is -1.27. The average Bonchev–Trinajstić information content (AvgIpc) is 2.23. The highest BCUT2D eigenvalue weighted by Crippen LogP contribution is 2.21. The summed E-state index contributed by atoms with van der Waals surface area (Å²) in [5.74, 6) is -0.393. The van der Waals surface area contributed by atoms with Crippen molar-refractivity contribution >= 4 is 33.2 Å². The molecule has 0 saturated heterocycles. The Morgan fingerprint density at radius 3 is 2.59 bits per heavy atom. The molecule has 7 heteroatoms. The molecule has 0 radical (unpaired) electrons. The summed E-state index contributed by atoms with van der Waals surface area (Å²) in [6.45, 7) is -0.268. The molecule has 1 rings (SSSR count). The van der Waals surface area contributed by atoms with Gasteiger partial charge in [-0.25, -0.2) is 8.42 Å². The maximum Gasteiger partial charge on any atom is 0.240 e. The van der Waals surface area contributed by atoms with E-state index in [2.05, 4.69) is 5.32 Å². The molecule has 0 fully saturated rings. The third-order valence-corrected chi connectivity index (χ3v) is 3.44. The van der Waals surface area contributed by atoms with Crippen LogP contribution >= 0.6 is 11.6 Å². The number of hydrogen-bond acceptors (Lipinski definition) is 3. The van der Waals surface area contributed by atoms with Crippen LogP contribution in [0.15, 0.2) is 24.3 Å². The van der Waals surface area contributed by atoms with Gasteiger partial charge in [-0.2, -0.15) is 0 Å². The van der Waals surface area contributed by atoms with Crippen molar-refractivity contribution in [3.05, 3.63) is 29.3 Å². The van der Waals surface area contributed by atoms with Gasteiger partial charge in [0.2, 0.25) is 15.9 Å². The second kappa shape index (κ2) is 5.37. The molecule has 0 bridgehead atoms. The van der Waals surface area contributed by atoms with E-state index in [4.69, 9.17) is 11.6 Å². The summed E-state index contributed by atoms with van der Waals surface area (Å²) in [4.78, 5) is 11.3. The zero-order valence-corrected chi connectivity index (χ0v) is 11.0. The van der Waals surface area contributed by atoms with E-state index in [0.717, 1.165) is 10.6 Å². The molecule has 5 nitrogen and oxygen atoms in total. The molecular formula is C10H13ClN2O3S. The number of halogens is 1. The van der Waals surface area contributed by atoms with Gasteiger partial charge in [0.25, 0.3) is 0 Å². The number of nitrogens with one attached hydrogen (secondary N) is 1. The number of carbonyl (C=O) groups excluding carboxylic acids is 1. The Kier molecular flexibility index (Phi) is 4.36. The van der Waals surface area contributed by atoms with Crippen molar-refractivity contribution in [1.82, 2.24) is 5.32 Å². The van der Waals surface area contributed by atoms with Crippen LogP contribution < -0.4 is 9.62 Å². The first-order valence-corrected chi connectivity index (χ1v) is 7.01. The van der Waals surface area contributed by atoms with Gasteiger partial charge >= 0.3 is 0 Å². The number of rotatable bonds is 4. The van der Waals surface area contributed by atoms with E-state index in [0.29, 0.717) is 10.7 Å². The van der Waals surface area contributed by atoms with Crippen molar-refractivity contribution < 1.29 is 13.2 Å². The largest absolute Gasteiger partial charge is 0.358 e. The molecule has 0 aliphatic heterocycles. The Bertz CT molecular complexity index is 516. The van der Waals surface area contributed by atoms with E-state index in [-0.39, 0.29) is 6.54 Å². The number of hydrogen-bond donors (Lipinski definition) is 1. The van der Waals surface area contributed by atoms with Crippen molar-refractivity contribution in [2.24, 2.45) is 0 Å². The van der Waals surface area contributed by atoms with Crippen LogP contribution in [0.1, 0.15) is 0 Å². The quantitative estimate of drug-likeness (QED) is 0.887. The first-order valence-electron chi connectivity index (χ1n) is 4.78. The number of nitrogens with zero attached hydrogens (tertiary/aromatic N) is 1. The van der Waals surface area contributed by atoms with Crippen LogP contribution in [0.3, 0.4) is 0 Å². The molecule has 0 aliphatic rings. The molecule has 17 heavy (non-hydrogen) atoms. The summed E-state index contributed by atoms with van der Waals surface area (Å²) in [6.07, 6.45) is 1.04. The number of amides is 1. The Balaban J connectivity index is 3.12. The molecule has 0 spiro atoms. The van der Waals surface area contributed by atoms with Crippen LogP contribution in [0.4, 0.5) is 5.69 Å². The molecule has 1 aromatic carbocycles. The number of benzene rings is 1. The molecule has 0 aliphatic carbocycles. The highest BCUT2D eigenvalue weighted by molar-refractivity contribution is 7.92. The Morgan fingerprint density at radius 2 is 2.12 bits per heavy atom. The van der Waals surface area contributed by atoms with Crippen LogP contribution in [0.25, 0.3) is 0 Å². The van der Waals surface area contributed by atoms with Gasteiger partial charge in [0.1, 0.15) is 6.54 Å². The van der Waals surface area contributed by atoms with E-state index >= 15 is 0 Å². The predicted molar refractivity (Wildman–Crippen MR) is 67.7 cm³/mol. The molecule has 0 aromatic heterocycles. The summed E-state index contributed by atoms with van der Waals surface area (Å²) < 4.78 is 24.2. The van der Waals surface area contributed by atoms with Gasteiger partial charge in [-0.3, -0.25) is 9.10 Å². The lowest BCUT2D eigenvalue weighted by Crippen LogP contribution is -2.39. The van der Waals surface area contributed by atoms with Crippen LogP contribution in [0.5, 0.6) is 0 Å². The van der Waals surface area contributed by atoms with Gasteiger partial charge < -0.3 is 5.32 Å². The molecule has 1 amide bonds. The fourth-order valence-electron chi connectivity index (χ4n) is 1.24. The summed E-state index contributed by atoms with van der Waals surface area (Å²) in [5, 5.41) is 2.78. The predicted octanol–water partition coefficient (Wildman–Crippen LogP) is 0.852. The normalized spacial score (nSPS) is 11.0. The third kappa shape index (κ3) is 3.90. The minimum absolute atomic E-state index is 0.268. The van der Waals surface area contributed by atoms with Crippen LogP contribution in [0.2, 0.25) is 5.02 Å². The van der Waals surface area contributed by atoms with Gasteiger partial charge in [0.15, 0.2) is 0 Å². The molecule has 0 unspecified atom stereocenters. The monoisotopic (exact) mass is 276 g/mol. The molecule has 0 heterocycles. The highest BCUT2D eigenvalue weighted by Gasteiger charge is 2.20. The number of likely N-dealkylation sites (N-methyl/N-ethyl adjacent to an activating group) is 1. The van der Waals surface area contributed by atoms with E-state index in [1.807, 2.05) is 0 Å². The van der Waals surface area contributed by atoms with Crippen molar-refractivity contribution in [2.45, 2.75) is 0 Å². The summed E-state index contributed by atoms with van der Waals surface area (Å²) in [6, 6.07) is 6.33. The fourth-order valence-corrected chi connectivity index (χ4v) is 2.27. The van der Waals surface area contributed by atoms with E-state index in [1.54, 1.807) is 18.2 Å². The first-order chi connectivity index (χ1) is 7.84. The molecule has 94 valence electrons. The summed E-state index contributed by atoms with van der Waals surface area (Å²) in [5.41, 5.74) is 0.364. The minimum atomic E-state index is -3.53. The van der Waals surface area contributed by atoms with E-state index < -0.39 is 15.9 Å². The zero-order chi connectivity index (χ0) is 13.1. The third-order valence-electron chi connectivity index (χ3n) is 2.06. The molecule has 0 atom stereocenters. The fraction of sp³-hybridized carbons (Fsp3) is 0.300. The lowest BCUT2D eigenvalue weighted by Gasteiger charge is -2.21. The lowest BCUT2D eigenvalue weighted by molar-refractivity contribution is -0.119. The molecule has 1 aromatic rings. The Morgan fingerprint density at radius 1 is 1.47 bits per heavy atom. The number of carbonyl (C=O) groups is 1. The van der Waals surface area contributed by atoms with Crippen molar-refractivity contribution in [1.29, 1.82) is 0 Å². The van der Waals surface area contributed by atoms with Crippen LogP contribution in [-0.4, -0.2) is 34.2 Å². The number of anilines is 1. The lowest BCUT2D eigenvalue weighted by atomic mass is 10.3.